The lowest BCUT2D eigenvalue weighted by Gasteiger charge is -2.27. The van der Waals surface area contributed by atoms with Crippen LogP contribution in [-0.4, -0.2) is 48.4 Å². The second-order valence-corrected chi connectivity index (χ2v) is 9.99. The van der Waals surface area contributed by atoms with E-state index in [-0.39, 0.29) is 12.3 Å². The number of hydrogen-bond donors (Lipinski definition) is 3. The van der Waals surface area contributed by atoms with E-state index < -0.39 is 59.1 Å². The second kappa shape index (κ2) is 11.3. The molecule has 3 N–H and O–H groups in total. The van der Waals surface area contributed by atoms with Gasteiger partial charge < -0.3 is 20.1 Å². The summed E-state index contributed by atoms with van der Waals surface area (Å²) in [7, 11) is 1.51. The summed E-state index contributed by atoms with van der Waals surface area (Å²) in [6.45, 7) is 10.2. The Bertz CT molecular complexity index is 984. The molecule has 4 atom stereocenters. The summed E-state index contributed by atoms with van der Waals surface area (Å²) in [6, 6.07) is 5.12. The molecule has 4 amide bonds. The average molecular weight is 490 g/mol. The number of methoxy groups -OCH3 is 1. The third-order valence-electron chi connectivity index (χ3n) is 5.62. The van der Waals surface area contributed by atoms with E-state index in [0.29, 0.717) is 11.3 Å². The molecule has 0 aliphatic carbocycles. The minimum absolute atomic E-state index is 0.200. The lowest BCUT2D eigenvalue weighted by molar-refractivity contribution is -0.137. The van der Waals surface area contributed by atoms with Crippen molar-refractivity contribution in [3.63, 3.8) is 0 Å². The van der Waals surface area contributed by atoms with Crippen LogP contribution < -0.4 is 20.7 Å². The first-order chi connectivity index (χ1) is 16.2. The molecule has 1 saturated heterocycles. The highest BCUT2D eigenvalue weighted by molar-refractivity contribution is 6.16. The van der Waals surface area contributed by atoms with Gasteiger partial charge in [0.25, 0.3) is 0 Å². The number of carbonyl (C=O) groups is 5. The molecule has 1 aliphatic rings. The van der Waals surface area contributed by atoms with E-state index in [0.717, 1.165) is 0 Å². The van der Waals surface area contributed by atoms with E-state index in [4.69, 9.17) is 9.47 Å². The van der Waals surface area contributed by atoms with Gasteiger partial charge in [-0.25, -0.2) is 4.79 Å². The number of benzene rings is 1. The first-order valence-corrected chi connectivity index (χ1v) is 11.5. The van der Waals surface area contributed by atoms with E-state index in [2.05, 4.69) is 16.0 Å². The van der Waals surface area contributed by atoms with Gasteiger partial charge in [0.1, 0.15) is 17.3 Å². The van der Waals surface area contributed by atoms with Crippen LogP contribution >= 0.6 is 0 Å². The number of rotatable bonds is 9. The summed E-state index contributed by atoms with van der Waals surface area (Å²) >= 11 is 0. The van der Waals surface area contributed by atoms with E-state index in [1.807, 2.05) is 0 Å². The monoisotopic (exact) mass is 489 g/mol. The molecule has 0 bridgehead atoms. The molecule has 2 rings (SSSR count). The van der Waals surface area contributed by atoms with Gasteiger partial charge in [-0.3, -0.25) is 24.5 Å². The van der Waals surface area contributed by atoms with Gasteiger partial charge >= 0.3 is 6.09 Å². The molecule has 0 aromatic heterocycles. The number of hydrogen-bond acceptors (Lipinski definition) is 7. The van der Waals surface area contributed by atoms with E-state index in [1.165, 1.54) is 14.0 Å². The Morgan fingerprint density at radius 3 is 2.26 bits per heavy atom. The average Bonchev–Trinajstić information content (AvgIpc) is 3.00. The highest BCUT2D eigenvalue weighted by Crippen LogP contribution is 2.25. The fourth-order valence-electron chi connectivity index (χ4n) is 3.80. The minimum Gasteiger partial charge on any atom is -0.497 e. The Morgan fingerprint density at radius 1 is 1.09 bits per heavy atom. The molecule has 192 valence electrons. The van der Waals surface area contributed by atoms with E-state index in [1.54, 1.807) is 58.9 Å². The molecule has 1 fully saturated rings. The Labute approximate surface area is 205 Å². The number of carbonyl (C=O) groups excluding carboxylic acids is 5. The smallest absolute Gasteiger partial charge is 0.408 e. The zero-order valence-corrected chi connectivity index (χ0v) is 21.3. The lowest BCUT2D eigenvalue weighted by Crippen LogP contribution is -2.49. The maximum atomic E-state index is 13.1. The molecule has 1 unspecified atom stereocenters. The molecule has 1 aromatic carbocycles. The first kappa shape index (κ1) is 27.8. The second-order valence-electron chi connectivity index (χ2n) is 9.99. The van der Waals surface area contributed by atoms with Crippen LogP contribution in [0.5, 0.6) is 5.75 Å². The van der Waals surface area contributed by atoms with Crippen molar-refractivity contribution < 1.29 is 33.4 Å². The van der Waals surface area contributed by atoms with Crippen molar-refractivity contribution in [2.75, 3.05) is 7.11 Å². The number of amides is 4. The van der Waals surface area contributed by atoms with Crippen molar-refractivity contribution in [2.24, 2.45) is 17.8 Å². The third kappa shape index (κ3) is 7.53. The normalized spacial score (nSPS) is 19.5. The van der Waals surface area contributed by atoms with Crippen LogP contribution in [0.1, 0.15) is 59.6 Å². The zero-order valence-electron chi connectivity index (χ0n) is 21.3. The molecule has 0 saturated carbocycles. The van der Waals surface area contributed by atoms with Gasteiger partial charge in [-0.1, -0.05) is 32.9 Å². The van der Waals surface area contributed by atoms with Gasteiger partial charge in [-0.05, 0) is 44.4 Å². The quantitative estimate of drug-likeness (QED) is 0.357. The summed E-state index contributed by atoms with van der Waals surface area (Å²) in [5, 5.41) is 7.57. The molecule has 10 nitrogen and oxygen atoms in total. The van der Waals surface area contributed by atoms with E-state index in [9.17, 15) is 24.0 Å². The van der Waals surface area contributed by atoms with Crippen molar-refractivity contribution in [3.8, 4) is 5.75 Å². The number of Topliss-reactive ketones (excluding diaryl/α,β-unsaturated/α-hetero) is 1. The zero-order chi connectivity index (χ0) is 26.5. The fraction of sp³-hybridized carbons (Fsp3) is 0.560. The van der Waals surface area contributed by atoms with Crippen LogP contribution in [0.3, 0.4) is 0 Å². The lowest BCUT2D eigenvalue weighted by atomic mass is 9.85. The van der Waals surface area contributed by atoms with Crippen molar-refractivity contribution in [2.45, 2.75) is 65.6 Å². The van der Waals surface area contributed by atoms with Gasteiger partial charge in [0, 0.05) is 0 Å². The Balaban J connectivity index is 2.23. The van der Waals surface area contributed by atoms with Gasteiger partial charge in [0.2, 0.25) is 17.7 Å². The molecule has 1 aliphatic heterocycles. The third-order valence-corrected chi connectivity index (χ3v) is 5.62. The number of imide groups is 1. The SMILES string of the molecule is COc1cccc(C(CC(=O)N[C@H](C(=O)[C@@H]2C(=O)NC(=O)[C@H]2C)C(C)C)NC(=O)OC(C)(C)C)c1. The van der Waals surface area contributed by atoms with Gasteiger partial charge in [0.05, 0.1) is 31.5 Å². The van der Waals surface area contributed by atoms with Crippen molar-refractivity contribution in [1.82, 2.24) is 16.0 Å². The van der Waals surface area contributed by atoms with E-state index >= 15 is 0 Å². The molecule has 1 aromatic rings. The van der Waals surface area contributed by atoms with Crippen LogP contribution in [-0.2, 0) is 23.9 Å². The van der Waals surface area contributed by atoms with Crippen LogP contribution in [0.2, 0.25) is 0 Å². The summed E-state index contributed by atoms with van der Waals surface area (Å²) in [6.07, 6.45) is -0.904. The first-order valence-electron chi connectivity index (χ1n) is 11.5. The predicted molar refractivity (Wildman–Crippen MR) is 127 cm³/mol. The highest BCUT2D eigenvalue weighted by Gasteiger charge is 2.46. The standard InChI is InChI=1S/C25H35N3O7/c1-13(2)20(21(30)19-14(3)22(31)28-23(19)32)27-18(29)12-17(26-24(33)35-25(4,5)6)15-9-8-10-16(11-15)34-7/h8-11,13-14,17,19-20H,12H2,1-7H3,(H,26,33)(H,27,29)(H,28,31,32)/t14-,17?,19+,20-/m0/s1. The molecule has 1 heterocycles. The van der Waals surface area contributed by atoms with Crippen LogP contribution in [0.4, 0.5) is 4.79 Å². The van der Waals surface area contributed by atoms with Crippen molar-refractivity contribution in [3.05, 3.63) is 29.8 Å². The Kier molecular flexibility index (Phi) is 9.00. The molecular formula is C25H35N3O7. The number of alkyl carbamates (subject to hydrolysis) is 1. The van der Waals surface area contributed by atoms with Crippen molar-refractivity contribution >= 4 is 29.6 Å². The Morgan fingerprint density at radius 2 is 1.74 bits per heavy atom. The summed E-state index contributed by atoms with van der Waals surface area (Å²) in [5.74, 6) is -3.98. The van der Waals surface area contributed by atoms with Crippen molar-refractivity contribution in [1.29, 1.82) is 0 Å². The van der Waals surface area contributed by atoms with Gasteiger partial charge in [-0.15, -0.1) is 0 Å². The summed E-state index contributed by atoms with van der Waals surface area (Å²) in [4.78, 5) is 62.7. The highest BCUT2D eigenvalue weighted by atomic mass is 16.6. The topological polar surface area (TPSA) is 140 Å². The van der Waals surface area contributed by atoms with Gasteiger partial charge in [-0.2, -0.15) is 0 Å². The number of ether oxygens (including phenoxy) is 2. The van der Waals surface area contributed by atoms with Crippen LogP contribution in [0.25, 0.3) is 0 Å². The van der Waals surface area contributed by atoms with Crippen LogP contribution in [0.15, 0.2) is 24.3 Å². The Hall–Kier alpha value is -3.43. The number of ketones is 1. The molecule has 0 spiro atoms. The maximum Gasteiger partial charge on any atom is 0.408 e. The van der Waals surface area contributed by atoms with Crippen LogP contribution in [0, 0.1) is 17.8 Å². The maximum absolute atomic E-state index is 13.1. The number of nitrogens with one attached hydrogen (secondary N) is 3. The minimum atomic E-state index is -1.16. The summed E-state index contributed by atoms with van der Waals surface area (Å²) in [5.41, 5.74) is -0.136. The molecule has 10 heteroatoms. The summed E-state index contributed by atoms with van der Waals surface area (Å²) < 4.78 is 10.6. The molecular weight excluding hydrogens is 454 g/mol. The molecule has 35 heavy (non-hydrogen) atoms. The molecule has 0 radical (unpaired) electrons. The predicted octanol–water partition coefficient (Wildman–Crippen LogP) is 2.27. The largest absolute Gasteiger partial charge is 0.497 e. The van der Waals surface area contributed by atoms with Gasteiger partial charge in [0.15, 0.2) is 5.78 Å². The fourth-order valence-corrected chi connectivity index (χ4v) is 3.80.